The highest BCUT2D eigenvalue weighted by molar-refractivity contribution is 9.10. The van der Waals surface area contributed by atoms with Gasteiger partial charge in [0.15, 0.2) is 0 Å². The van der Waals surface area contributed by atoms with Gasteiger partial charge in [0.05, 0.1) is 6.10 Å². The second-order valence-corrected chi connectivity index (χ2v) is 6.69. The molecule has 0 bridgehead atoms. The van der Waals surface area contributed by atoms with Crippen molar-refractivity contribution in [2.75, 3.05) is 5.73 Å². The molecule has 0 spiro atoms. The molecule has 1 aromatic carbocycles. The largest absolute Gasteiger partial charge is 0.399 e. The Bertz CT molecular complexity index is 386. The molecular formula is C13H18BrNOS. The van der Waals surface area contributed by atoms with Crippen LogP contribution in [0.5, 0.6) is 0 Å². The van der Waals surface area contributed by atoms with E-state index in [-0.39, 0.29) is 6.10 Å². The van der Waals surface area contributed by atoms with Crippen molar-refractivity contribution in [3.8, 4) is 0 Å². The molecule has 4 heteroatoms. The lowest BCUT2D eigenvalue weighted by Crippen LogP contribution is -2.21. The highest BCUT2D eigenvalue weighted by Gasteiger charge is 2.23. The zero-order valence-electron chi connectivity index (χ0n) is 9.73. The predicted octanol–water partition coefficient (Wildman–Crippen LogP) is 3.82. The lowest BCUT2D eigenvalue weighted by molar-refractivity contribution is 0.163. The molecule has 2 rings (SSSR count). The molecule has 2 atom stereocenters. The molecule has 0 heterocycles. The van der Waals surface area contributed by atoms with E-state index < -0.39 is 0 Å². The van der Waals surface area contributed by atoms with Crippen molar-refractivity contribution in [3.05, 3.63) is 22.7 Å². The standard InChI is InChI=1S/C13H18BrNOS/c14-10-8-9(15)6-7-12(10)17-13-5-3-1-2-4-11(13)16/h6-8,11,13,16H,1-5,15H2. The van der Waals surface area contributed by atoms with Crippen molar-refractivity contribution in [2.45, 2.75) is 48.4 Å². The third-order valence-corrected chi connectivity index (χ3v) is 5.53. The van der Waals surface area contributed by atoms with E-state index in [1.165, 1.54) is 17.7 Å². The van der Waals surface area contributed by atoms with Crippen LogP contribution in [-0.4, -0.2) is 16.5 Å². The number of nitrogens with two attached hydrogens (primary N) is 1. The van der Waals surface area contributed by atoms with Gasteiger partial charge in [-0.1, -0.05) is 19.3 Å². The summed E-state index contributed by atoms with van der Waals surface area (Å²) in [6.45, 7) is 0. The van der Waals surface area contributed by atoms with Gasteiger partial charge in [-0.25, -0.2) is 0 Å². The first-order valence-electron chi connectivity index (χ1n) is 6.06. The molecule has 94 valence electrons. The van der Waals surface area contributed by atoms with E-state index in [0.717, 1.165) is 29.4 Å². The summed E-state index contributed by atoms with van der Waals surface area (Å²) in [5.41, 5.74) is 6.49. The van der Waals surface area contributed by atoms with Gasteiger partial charge in [-0.3, -0.25) is 0 Å². The lowest BCUT2D eigenvalue weighted by atomic mass is 10.1. The Morgan fingerprint density at radius 1 is 1.24 bits per heavy atom. The fraction of sp³-hybridized carbons (Fsp3) is 0.538. The summed E-state index contributed by atoms with van der Waals surface area (Å²) in [5, 5.41) is 10.4. The second-order valence-electron chi connectivity index (χ2n) is 4.55. The van der Waals surface area contributed by atoms with Crippen molar-refractivity contribution in [1.29, 1.82) is 0 Å². The highest BCUT2D eigenvalue weighted by atomic mass is 79.9. The smallest absolute Gasteiger partial charge is 0.0662 e. The number of hydrogen-bond acceptors (Lipinski definition) is 3. The number of rotatable bonds is 2. The van der Waals surface area contributed by atoms with Gasteiger partial charge in [-0.15, -0.1) is 11.8 Å². The molecular weight excluding hydrogens is 298 g/mol. The minimum atomic E-state index is -0.174. The van der Waals surface area contributed by atoms with Crippen LogP contribution in [0.4, 0.5) is 5.69 Å². The molecule has 0 amide bonds. The quantitative estimate of drug-likeness (QED) is 0.644. The van der Waals surface area contributed by atoms with E-state index in [1.54, 1.807) is 11.8 Å². The molecule has 1 aromatic rings. The molecule has 0 aromatic heterocycles. The number of anilines is 1. The zero-order chi connectivity index (χ0) is 12.3. The van der Waals surface area contributed by atoms with Crippen molar-refractivity contribution < 1.29 is 5.11 Å². The summed E-state index contributed by atoms with van der Waals surface area (Å²) in [6, 6.07) is 5.86. The fourth-order valence-electron chi connectivity index (χ4n) is 2.17. The number of aliphatic hydroxyl groups is 1. The number of benzene rings is 1. The van der Waals surface area contributed by atoms with E-state index >= 15 is 0 Å². The first-order valence-corrected chi connectivity index (χ1v) is 7.74. The van der Waals surface area contributed by atoms with Crippen LogP contribution in [0.1, 0.15) is 32.1 Å². The maximum Gasteiger partial charge on any atom is 0.0662 e. The summed E-state index contributed by atoms with van der Waals surface area (Å²) in [6.07, 6.45) is 5.48. The van der Waals surface area contributed by atoms with Crippen molar-refractivity contribution in [1.82, 2.24) is 0 Å². The Kier molecular flexibility index (Phi) is 4.77. The molecule has 1 aliphatic rings. The fourth-order valence-corrected chi connectivity index (χ4v) is 4.07. The summed E-state index contributed by atoms with van der Waals surface area (Å²) >= 11 is 5.30. The van der Waals surface area contributed by atoms with E-state index in [4.69, 9.17) is 5.73 Å². The molecule has 0 saturated heterocycles. The molecule has 17 heavy (non-hydrogen) atoms. The Labute approximate surface area is 115 Å². The maximum atomic E-state index is 10.1. The third kappa shape index (κ3) is 3.63. The molecule has 1 fully saturated rings. The van der Waals surface area contributed by atoms with Gasteiger partial charge < -0.3 is 10.8 Å². The average Bonchev–Trinajstić information content (AvgIpc) is 2.48. The third-order valence-electron chi connectivity index (χ3n) is 3.15. The molecule has 2 nitrogen and oxygen atoms in total. The van der Waals surface area contributed by atoms with Crippen LogP contribution < -0.4 is 5.73 Å². The molecule has 1 saturated carbocycles. The summed E-state index contributed by atoms with van der Waals surface area (Å²) in [7, 11) is 0. The SMILES string of the molecule is Nc1ccc(SC2CCCCCC2O)c(Br)c1. The minimum Gasteiger partial charge on any atom is -0.399 e. The van der Waals surface area contributed by atoms with Gasteiger partial charge in [-0.05, 0) is 47.0 Å². The van der Waals surface area contributed by atoms with Gasteiger partial charge in [0.2, 0.25) is 0 Å². The average molecular weight is 316 g/mol. The Morgan fingerprint density at radius 2 is 2.00 bits per heavy atom. The van der Waals surface area contributed by atoms with E-state index in [0.29, 0.717) is 5.25 Å². The number of thioether (sulfide) groups is 1. The number of halogens is 1. The summed E-state index contributed by atoms with van der Waals surface area (Å²) in [4.78, 5) is 1.17. The van der Waals surface area contributed by atoms with Gasteiger partial charge in [0.25, 0.3) is 0 Å². The topological polar surface area (TPSA) is 46.2 Å². The predicted molar refractivity (Wildman–Crippen MR) is 77.3 cm³/mol. The highest BCUT2D eigenvalue weighted by Crippen LogP contribution is 2.37. The number of hydrogen-bond donors (Lipinski definition) is 2. The van der Waals surface area contributed by atoms with Gasteiger partial charge in [0, 0.05) is 20.3 Å². The van der Waals surface area contributed by atoms with Crippen molar-refractivity contribution in [2.24, 2.45) is 0 Å². The van der Waals surface area contributed by atoms with E-state index in [2.05, 4.69) is 15.9 Å². The molecule has 0 aliphatic heterocycles. The molecule has 1 aliphatic carbocycles. The van der Waals surface area contributed by atoms with Crippen LogP contribution in [0.15, 0.2) is 27.6 Å². The van der Waals surface area contributed by atoms with Crippen LogP contribution in [0, 0.1) is 0 Å². The normalized spacial score (nSPS) is 25.5. The van der Waals surface area contributed by atoms with E-state index in [1.807, 2.05) is 18.2 Å². The Morgan fingerprint density at radius 3 is 2.76 bits per heavy atom. The van der Waals surface area contributed by atoms with Crippen LogP contribution in [0.3, 0.4) is 0 Å². The van der Waals surface area contributed by atoms with Crippen molar-refractivity contribution in [3.63, 3.8) is 0 Å². The van der Waals surface area contributed by atoms with Gasteiger partial charge in [0.1, 0.15) is 0 Å². The molecule has 2 unspecified atom stereocenters. The van der Waals surface area contributed by atoms with Gasteiger partial charge >= 0.3 is 0 Å². The second kappa shape index (κ2) is 6.12. The summed E-state index contributed by atoms with van der Waals surface area (Å²) in [5.74, 6) is 0. The van der Waals surface area contributed by atoms with Crippen molar-refractivity contribution >= 4 is 33.4 Å². The minimum absolute atomic E-state index is 0.174. The number of aliphatic hydroxyl groups excluding tert-OH is 1. The van der Waals surface area contributed by atoms with Gasteiger partial charge in [-0.2, -0.15) is 0 Å². The van der Waals surface area contributed by atoms with E-state index in [9.17, 15) is 5.11 Å². The van der Waals surface area contributed by atoms with Crippen LogP contribution in [-0.2, 0) is 0 Å². The van der Waals surface area contributed by atoms with Crippen LogP contribution in [0.25, 0.3) is 0 Å². The summed E-state index contributed by atoms with van der Waals surface area (Å²) < 4.78 is 1.03. The maximum absolute atomic E-state index is 10.1. The zero-order valence-corrected chi connectivity index (χ0v) is 12.1. The monoisotopic (exact) mass is 315 g/mol. The first-order chi connectivity index (χ1) is 8.16. The molecule has 0 radical (unpaired) electrons. The lowest BCUT2D eigenvalue weighted by Gasteiger charge is -2.20. The Hall–Kier alpha value is -0.190. The number of nitrogen functional groups attached to an aromatic ring is 1. The first kappa shape index (κ1) is 13.2. The van der Waals surface area contributed by atoms with Crippen LogP contribution in [0.2, 0.25) is 0 Å². The molecule has 3 N–H and O–H groups in total. The Balaban J connectivity index is 2.08. The van der Waals surface area contributed by atoms with Crippen LogP contribution >= 0.6 is 27.7 Å².